The second-order valence-corrected chi connectivity index (χ2v) is 15.1. The second kappa shape index (κ2) is 22.0. The Morgan fingerprint density at radius 1 is 0.738 bits per heavy atom. The number of rotatable bonds is 26. The molecule has 5 heteroatoms. The number of hydroxylamine groups is 2. The molecule has 5 nitrogen and oxygen atoms in total. The smallest absolute Gasteiger partial charge is 0.325 e. The first-order valence-corrected chi connectivity index (χ1v) is 18.2. The van der Waals surface area contributed by atoms with Crippen LogP contribution in [0.4, 0.5) is 0 Å². The molecule has 0 bridgehead atoms. The van der Waals surface area contributed by atoms with Gasteiger partial charge in [-0.05, 0) is 92.4 Å². The maximum absolute atomic E-state index is 12.5. The molecule has 0 aromatic rings. The van der Waals surface area contributed by atoms with Gasteiger partial charge in [0, 0.05) is 19.6 Å². The second-order valence-electron chi connectivity index (χ2n) is 15.1. The van der Waals surface area contributed by atoms with E-state index in [9.17, 15) is 4.79 Å². The van der Waals surface area contributed by atoms with E-state index in [1.54, 1.807) is 0 Å². The van der Waals surface area contributed by atoms with Gasteiger partial charge in [-0.1, -0.05) is 97.3 Å². The van der Waals surface area contributed by atoms with Crippen LogP contribution in [-0.2, 0) is 19.1 Å². The lowest BCUT2D eigenvalue weighted by atomic mass is 9.82. The van der Waals surface area contributed by atoms with Gasteiger partial charge in [0.2, 0.25) is 0 Å². The molecule has 0 radical (unpaired) electrons. The maximum Gasteiger partial charge on any atom is 0.325 e. The lowest BCUT2D eigenvalue weighted by Crippen LogP contribution is -2.58. The van der Waals surface area contributed by atoms with Gasteiger partial charge in [0.15, 0.2) is 0 Å². The number of unbranched alkanes of at least 4 members (excludes halogenated alkanes) is 11. The standard InChI is InChI=1S/C37H73NO4/c1-9-11-12-13-19-22-31-41-37(7,8)32-40-30-23-26-33(10-2)25-20-17-15-14-16-18-21-27-34(39)42-38-35(3,4)28-24-29-36(38,5)6/h33H,9-32H2,1-8H3. The van der Waals surface area contributed by atoms with Crippen LogP contribution in [0.3, 0.4) is 0 Å². The number of carbonyl (C=O) groups is 1. The summed E-state index contributed by atoms with van der Waals surface area (Å²) in [5.74, 6) is 0.765. The molecule has 1 unspecified atom stereocenters. The van der Waals surface area contributed by atoms with Crippen LogP contribution in [0.2, 0.25) is 0 Å². The number of nitrogens with zero attached hydrogens (tertiary/aromatic N) is 1. The molecule has 0 N–H and O–H groups in total. The average Bonchev–Trinajstić information content (AvgIpc) is 2.92. The summed E-state index contributed by atoms with van der Waals surface area (Å²) >= 11 is 0. The fourth-order valence-electron chi connectivity index (χ4n) is 6.57. The van der Waals surface area contributed by atoms with Crippen molar-refractivity contribution in [2.75, 3.05) is 19.8 Å². The molecule has 1 atom stereocenters. The Morgan fingerprint density at radius 2 is 1.29 bits per heavy atom. The highest BCUT2D eigenvalue weighted by molar-refractivity contribution is 5.69. The number of ether oxygens (including phenoxy) is 2. The molecule has 0 aromatic heterocycles. The summed E-state index contributed by atoms with van der Waals surface area (Å²) in [5, 5.41) is 1.98. The Morgan fingerprint density at radius 3 is 1.90 bits per heavy atom. The summed E-state index contributed by atoms with van der Waals surface area (Å²) in [4.78, 5) is 18.4. The summed E-state index contributed by atoms with van der Waals surface area (Å²) in [6.07, 6.45) is 25.3. The molecule has 0 aliphatic carbocycles. The Bertz CT molecular complexity index is 659. The molecular weight excluding hydrogens is 522 g/mol. The first-order valence-electron chi connectivity index (χ1n) is 18.2. The quantitative estimate of drug-likeness (QED) is 0.0931. The number of piperidine rings is 1. The molecule has 1 fully saturated rings. The highest BCUT2D eigenvalue weighted by Gasteiger charge is 2.44. The zero-order chi connectivity index (χ0) is 31.3. The van der Waals surface area contributed by atoms with E-state index in [2.05, 4.69) is 55.4 Å². The highest BCUT2D eigenvalue weighted by atomic mass is 16.7. The molecule has 1 saturated heterocycles. The molecule has 0 saturated carbocycles. The minimum Gasteiger partial charge on any atom is -0.378 e. The van der Waals surface area contributed by atoms with Gasteiger partial charge in [-0.15, -0.1) is 5.06 Å². The summed E-state index contributed by atoms with van der Waals surface area (Å²) < 4.78 is 12.1. The predicted octanol–water partition coefficient (Wildman–Crippen LogP) is 11.0. The largest absolute Gasteiger partial charge is 0.378 e. The van der Waals surface area contributed by atoms with Gasteiger partial charge in [-0.25, -0.2) is 0 Å². The van der Waals surface area contributed by atoms with Gasteiger partial charge in [-0.2, -0.15) is 0 Å². The van der Waals surface area contributed by atoms with E-state index in [1.165, 1.54) is 89.9 Å². The first kappa shape index (κ1) is 39.4. The van der Waals surface area contributed by atoms with E-state index in [0.29, 0.717) is 13.0 Å². The molecular formula is C37H73NO4. The van der Waals surface area contributed by atoms with E-state index >= 15 is 0 Å². The van der Waals surface area contributed by atoms with Gasteiger partial charge in [0.1, 0.15) is 0 Å². The van der Waals surface area contributed by atoms with Crippen molar-refractivity contribution in [3.63, 3.8) is 0 Å². The predicted molar refractivity (Wildman–Crippen MR) is 179 cm³/mol. The van der Waals surface area contributed by atoms with Crippen LogP contribution in [0, 0.1) is 5.92 Å². The molecule has 0 amide bonds. The van der Waals surface area contributed by atoms with Crippen LogP contribution >= 0.6 is 0 Å². The van der Waals surface area contributed by atoms with Crippen molar-refractivity contribution in [2.24, 2.45) is 5.92 Å². The Kier molecular flexibility index (Phi) is 20.6. The molecule has 0 aromatic carbocycles. The zero-order valence-corrected chi connectivity index (χ0v) is 29.6. The summed E-state index contributed by atoms with van der Waals surface area (Å²) in [6, 6.07) is 0. The third-order valence-electron chi connectivity index (χ3n) is 9.28. The van der Waals surface area contributed by atoms with Crippen LogP contribution in [0.25, 0.3) is 0 Å². The Balaban J connectivity index is 2.00. The number of hydrogen-bond acceptors (Lipinski definition) is 5. The fourth-order valence-corrected chi connectivity index (χ4v) is 6.57. The van der Waals surface area contributed by atoms with E-state index in [1.807, 2.05) is 5.06 Å². The van der Waals surface area contributed by atoms with E-state index in [-0.39, 0.29) is 22.6 Å². The Hall–Kier alpha value is -0.650. The fraction of sp³-hybridized carbons (Fsp3) is 0.973. The van der Waals surface area contributed by atoms with Crippen molar-refractivity contribution < 1.29 is 19.1 Å². The van der Waals surface area contributed by atoms with Crippen molar-refractivity contribution in [1.82, 2.24) is 5.06 Å². The lowest BCUT2D eigenvalue weighted by Gasteiger charge is -2.50. The molecule has 1 heterocycles. The van der Waals surface area contributed by atoms with E-state index < -0.39 is 0 Å². The topological polar surface area (TPSA) is 48.0 Å². The molecule has 1 aliphatic rings. The van der Waals surface area contributed by atoms with Crippen molar-refractivity contribution in [3.8, 4) is 0 Å². The average molecular weight is 596 g/mol. The van der Waals surface area contributed by atoms with Crippen LogP contribution in [0.15, 0.2) is 0 Å². The third-order valence-corrected chi connectivity index (χ3v) is 9.28. The zero-order valence-electron chi connectivity index (χ0n) is 29.6. The van der Waals surface area contributed by atoms with Crippen LogP contribution in [0.5, 0.6) is 0 Å². The van der Waals surface area contributed by atoms with Crippen LogP contribution in [-0.4, -0.2) is 47.5 Å². The van der Waals surface area contributed by atoms with Gasteiger partial charge in [-0.3, -0.25) is 4.79 Å². The van der Waals surface area contributed by atoms with Gasteiger partial charge < -0.3 is 14.3 Å². The molecule has 1 rings (SSSR count). The van der Waals surface area contributed by atoms with Gasteiger partial charge in [0.05, 0.1) is 23.3 Å². The summed E-state index contributed by atoms with van der Waals surface area (Å²) in [6.45, 7) is 20.1. The normalized spacial score (nSPS) is 17.8. The maximum atomic E-state index is 12.5. The van der Waals surface area contributed by atoms with Crippen LogP contribution in [0.1, 0.15) is 190 Å². The highest BCUT2D eigenvalue weighted by Crippen LogP contribution is 2.38. The van der Waals surface area contributed by atoms with Gasteiger partial charge in [0.25, 0.3) is 0 Å². The van der Waals surface area contributed by atoms with E-state index in [0.717, 1.165) is 57.7 Å². The SMILES string of the molecule is CCCCCCCCOC(C)(C)COCCCC(CC)CCCCCCCCCC(=O)ON1C(C)(C)CCCC1(C)C. The number of hydrogen-bond donors (Lipinski definition) is 0. The molecule has 0 spiro atoms. The van der Waals surface area contributed by atoms with Crippen molar-refractivity contribution >= 4 is 5.97 Å². The third kappa shape index (κ3) is 18.2. The van der Waals surface area contributed by atoms with Gasteiger partial charge >= 0.3 is 5.97 Å². The van der Waals surface area contributed by atoms with E-state index in [4.69, 9.17) is 14.3 Å². The lowest BCUT2D eigenvalue weighted by molar-refractivity contribution is -0.265. The summed E-state index contributed by atoms with van der Waals surface area (Å²) in [7, 11) is 0. The Labute approximate surface area is 262 Å². The minimum atomic E-state index is -0.182. The monoisotopic (exact) mass is 596 g/mol. The molecule has 42 heavy (non-hydrogen) atoms. The first-order chi connectivity index (χ1) is 19.9. The van der Waals surface area contributed by atoms with Crippen molar-refractivity contribution in [2.45, 2.75) is 207 Å². The minimum absolute atomic E-state index is 0.0606. The van der Waals surface area contributed by atoms with Crippen molar-refractivity contribution in [3.05, 3.63) is 0 Å². The summed E-state index contributed by atoms with van der Waals surface area (Å²) in [5.41, 5.74) is -0.347. The van der Waals surface area contributed by atoms with Crippen molar-refractivity contribution in [1.29, 1.82) is 0 Å². The molecule has 250 valence electrons. The molecule has 1 aliphatic heterocycles. The number of carbonyl (C=O) groups excluding carboxylic acids is 1. The van der Waals surface area contributed by atoms with Crippen LogP contribution < -0.4 is 0 Å².